The molecule has 1 unspecified atom stereocenters. The molecule has 3 nitrogen and oxygen atoms in total. The van der Waals surface area contributed by atoms with Crippen LogP contribution in [-0.2, 0) is 19.6 Å². The molecule has 2 aromatic rings. The summed E-state index contributed by atoms with van der Waals surface area (Å²) in [5.41, 5.74) is -0.680. The van der Waals surface area contributed by atoms with E-state index in [9.17, 15) is 22.7 Å². The Kier molecular flexibility index (Phi) is 3.80. The molecular formula is C13H12F4N2O. The summed E-state index contributed by atoms with van der Waals surface area (Å²) in [5.74, 6) is -1.35. The number of benzene rings is 1. The van der Waals surface area contributed by atoms with Crippen LogP contribution in [0.15, 0.2) is 30.6 Å². The first-order valence-corrected chi connectivity index (χ1v) is 5.79. The van der Waals surface area contributed by atoms with Crippen LogP contribution in [0.5, 0.6) is 0 Å². The smallest absolute Gasteiger partial charge is 0.388 e. The summed E-state index contributed by atoms with van der Waals surface area (Å²) >= 11 is 0. The lowest BCUT2D eigenvalue weighted by Crippen LogP contribution is -2.10. The topological polar surface area (TPSA) is 38.0 Å². The molecule has 2 rings (SSSR count). The minimum absolute atomic E-state index is 0.0163. The molecule has 0 amide bonds. The van der Waals surface area contributed by atoms with E-state index in [1.165, 1.54) is 10.9 Å². The molecule has 108 valence electrons. The highest BCUT2D eigenvalue weighted by Gasteiger charge is 2.34. The summed E-state index contributed by atoms with van der Waals surface area (Å²) in [5, 5.41) is 13.8. The zero-order chi connectivity index (χ0) is 14.9. The highest BCUT2D eigenvalue weighted by Crippen LogP contribution is 2.33. The molecule has 0 saturated heterocycles. The van der Waals surface area contributed by atoms with Gasteiger partial charge in [-0.15, -0.1) is 0 Å². The van der Waals surface area contributed by atoms with E-state index in [2.05, 4.69) is 5.10 Å². The van der Waals surface area contributed by atoms with Gasteiger partial charge in [0, 0.05) is 19.7 Å². The Morgan fingerprint density at radius 1 is 1.35 bits per heavy atom. The Morgan fingerprint density at radius 3 is 2.60 bits per heavy atom. The summed E-state index contributed by atoms with van der Waals surface area (Å²) in [7, 11) is 1.69. The lowest BCUT2D eigenvalue weighted by molar-refractivity contribution is -0.140. The molecule has 0 spiro atoms. The maximum atomic E-state index is 13.1. The second-order valence-corrected chi connectivity index (χ2v) is 4.48. The van der Waals surface area contributed by atoms with Gasteiger partial charge in [0.05, 0.1) is 17.9 Å². The van der Waals surface area contributed by atoms with Gasteiger partial charge in [0.2, 0.25) is 0 Å². The van der Waals surface area contributed by atoms with E-state index in [1.807, 2.05) is 0 Å². The van der Waals surface area contributed by atoms with Crippen molar-refractivity contribution in [2.45, 2.75) is 18.7 Å². The van der Waals surface area contributed by atoms with E-state index in [1.54, 1.807) is 13.2 Å². The van der Waals surface area contributed by atoms with Crippen LogP contribution in [-0.4, -0.2) is 14.9 Å². The number of aryl methyl sites for hydroxylation is 1. The first kappa shape index (κ1) is 14.5. The molecule has 1 aromatic carbocycles. The van der Waals surface area contributed by atoms with Crippen molar-refractivity contribution in [1.82, 2.24) is 9.78 Å². The number of nitrogens with zero attached hydrogens (tertiary/aromatic N) is 2. The van der Waals surface area contributed by atoms with Crippen molar-refractivity contribution in [3.63, 3.8) is 0 Å². The maximum Gasteiger partial charge on any atom is 0.419 e. The number of aliphatic hydroxyl groups is 1. The van der Waals surface area contributed by atoms with E-state index in [4.69, 9.17) is 0 Å². The predicted octanol–water partition coefficient (Wildman–Crippen LogP) is 2.85. The van der Waals surface area contributed by atoms with Crippen LogP contribution >= 0.6 is 0 Å². The largest absolute Gasteiger partial charge is 0.419 e. The number of hydrogen-bond donors (Lipinski definition) is 1. The van der Waals surface area contributed by atoms with E-state index in [0.717, 1.165) is 6.07 Å². The number of rotatable bonds is 3. The molecule has 0 aliphatic carbocycles. The van der Waals surface area contributed by atoms with Gasteiger partial charge in [-0.2, -0.15) is 18.3 Å². The summed E-state index contributed by atoms with van der Waals surface area (Å²) in [6, 6.07) is 2.49. The van der Waals surface area contributed by atoms with Crippen LogP contribution in [0.25, 0.3) is 0 Å². The van der Waals surface area contributed by atoms with Gasteiger partial charge in [-0.05, 0) is 23.3 Å². The minimum Gasteiger partial charge on any atom is -0.388 e. The molecule has 1 N–H and O–H groups in total. The summed E-state index contributed by atoms with van der Waals surface area (Å²) < 4.78 is 52.4. The van der Waals surface area contributed by atoms with Gasteiger partial charge >= 0.3 is 6.18 Å². The standard InChI is InChI=1S/C13H12F4N2O/c1-19-7-8(6-18-19)4-12(20)9-2-3-11(14)10(5-9)13(15,16)17/h2-3,5-7,12,20H,4H2,1H3. The highest BCUT2D eigenvalue weighted by atomic mass is 19.4. The maximum absolute atomic E-state index is 13.1. The second kappa shape index (κ2) is 5.24. The van der Waals surface area contributed by atoms with Crippen molar-refractivity contribution in [1.29, 1.82) is 0 Å². The SMILES string of the molecule is Cn1cc(CC(O)c2ccc(F)c(C(F)(F)F)c2)cn1. The van der Waals surface area contributed by atoms with Crippen LogP contribution < -0.4 is 0 Å². The number of hydrogen-bond acceptors (Lipinski definition) is 2. The number of alkyl halides is 3. The molecule has 0 saturated carbocycles. The lowest BCUT2D eigenvalue weighted by Gasteiger charge is -2.13. The molecule has 0 aliphatic heterocycles. The van der Waals surface area contributed by atoms with E-state index in [-0.39, 0.29) is 12.0 Å². The van der Waals surface area contributed by atoms with E-state index in [0.29, 0.717) is 17.7 Å². The Hall–Kier alpha value is -1.89. The second-order valence-electron chi connectivity index (χ2n) is 4.48. The number of halogens is 4. The van der Waals surface area contributed by atoms with Gasteiger partial charge in [0.1, 0.15) is 5.82 Å². The molecule has 0 radical (unpaired) electrons. The van der Waals surface area contributed by atoms with E-state index < -0.39 is 23.7 Å². The third kappa shape index (κ3) is 3.16. The molecule has 0 bridgehead atoms. The minimum atomic E-state index is -4.78. The average Bonchev–Trinajstić information content (AvgIpc) is 2.73. The summed E-state index contributed by atoms with van der Waals surface area (Å²) in [6.07, 6.45) is -2.67. The molecule has 0 fully saturated rings. The Morgan fingerprint density at radius 2 is 2.05 bits per heavy atom. The zero-order valence-corrected chi connectivity index (χ0v) is 10.5. The van der Waals surface area contributed by atoms with Gasteiger partial charge in [0.15, 0.2) is 0 Å². The van der Waals surface area contributed by atoms with Crippen LogP contribution in [0.1, 0.15) is 22.8 Å². The third-order valence-electron chi connectivity index (χ3n) is 2.87. The van der Waals surface area contributed by atoms with Crippen molar-refractivity contribution in [3.05, 3.63) is 53.1 Å². The van der Waals surface area contributed by atoms with Crippen LogP contribution in [0.3, 0.4) is 0 Å². The highest BCUT2D eigenvalue weighted by molar-refractivity contribution is 5.29. The lowest BCUT2D eigenvalue weighted by atomic mass is 10.0. The normalized spacial score (nSPS) is 13.5. The molecule has 1 heterocycles. The Balaban J connectivity index is 2.24. The first-order chi connectivity index (χ1) is 9.27. The Bertz CT molecular complexity index is 607. The van der Waals surface area contributed by atoms with Crippen molar-refractivity contribution < 1.29 is 22.7 Å². The summed E-state index contributed by atoms with van der Waals surface area (Å²) in [6.45, 7) is 0. The molecule has 20 heavy (non-hydrogen) atoms. The first-order valence-electron chi connectivity index (χ1n) is 5.79. The van der Waals surface area contributed by atoms with Crippen LogP contribution in [0, 0.1) is 5.82 Å². The summed E-state index contributed by atoms with van der Waals surface area (Å²) in [4.78, 5) is 0. The fraction of sp³-hybridized carbons (Fsp3) is 0.308. The molecule has 7 heteroatoms. The van der Waals surface area contributed by atoms with Crippen LogP contribution in [0.4, 0.5) is 17.6 Å². The average molecular weight is 288 g/mol. The third-order valence-corrected chi connectivity index (χ3v) is 2.87. The molecule has 1 aromatic heterocycles. The molecule has 1 atom stereocenters. The Labute approximate surface area is 112 Å². The fourth-order valence-electron chi connectivity index (χ4n) is 1.89. The van der Waals surface area contributed by atoms with Gasteiger partial charge in [-0.3, -0.25) is 4.68 Å². The monoisotopic (exact) mass is 288 g/mol. The quantitative estimate of drug-likeness (QED) is 0.882. The number of aromatic nitrogens is 2. The van der Waals surface area contributed by atoms with Gasteiger partial charge < -0.3 is 5.11 Å². The van der Waals surface area contributed by atoms with Crippen molar-refractivity contribution in [2.75, 3.05) is 0 Å². The predicted molar refractivity (Wildman–Crippen MR) is 63.3 cm³/mol. The molecule has 0 aliphatic rings. The van der Waals surface area contributed by atoms with E-state index >= 15 is 0 Å². The van der Waals surface area contributed by atoms with Crippen LogP contribution in [0.2, 0.25) is 0 Å². The van der Waals surface area contributed by atoms with Gasteiger partial charge in [-0.1, -0.05) is 6.07 Å². The van der Waals surface area contributed by atoms with Crippen molar-refractivity contribution in [3.8, 4) is 0 Å². The van der Waals surface area contributed by atoms with Crippen molar-refractivity contribution >= 4 is 0 Å². The van der Waals surface area contributed by atoms with Gasteiger partial charge in [-0.25, -0.2) is 4.39 Å². The fourth-order valence-corrected chi connectivity index (χ4v) is 1.89. The zero-order valence-electron chi connectivity index (χ0n) is 10.5. The molecular weight excluding hydrogens is 276 g/mol. The van der Waals surface area contributed by atoms with Gasteiger partial charge in [0.25, 0.3) is 0 Å². The van der Waals surface area contributed by atoms with Crippen molar-refractivity contribution in [2.24, 2.45) is 7.05 Å². The number of aliphatic hydroxyl groups excluding tert-OH is 1.